The van der Waals surface area contributed by atoms with Gasteiger partial charge in [0.2, 0.25) is 0 Å². The third-order valence-electron chi connectivity index (χ3n) is 3.62. The van der Waals surface area contributed by atoms with E-state index in [1.54, 1.807) is 18.2 Å². The standard InChI is InChI=1S/C18H14F4N2O2/c19-14-9-11(5-6-18(20,21)22)1-3-13(14)17(25)24-12-2-4-15-16(10-12)26-8-7-23-15/h1-6,9-10,23H,7-8H2,(H,24,25)/b6-5-. The molecule has 8 heteroatoms. The third kappa shape index (κ3) is 4.33. The zero-order valence-electron chi connectivity index (χ0n) is 13.4. The van der Waals surface area contributed by atoms with Crippen LogP contribution in [0, 0.1) is 5.82 Å². The molecule has 0 aliphatic carbocycles. The first-order valence-electron chi connectivity index (χ1n) is 7.69. The van der Waals surface area contributed by atoms with Gasteiger partial charge in [-0.1, -0.05) is 6.07 Å². The van der Waals surface area contributed by atoms with Crippen molar-refractivity contribution in [2.45, 2.75) is 6.18 Å². The molecule has 1 amide bonds. The highest BCUT2D eigenvalue weighted by Crippen LogP contribution is 2.30. The highest BCUT2D eigenvalue weighted by molar-refractivity contribution is 6.04. The topological polar surface area (TPSA) is 50.4 Å². The van der Waals surface area contributed by atoms with Crippen molar-refractivity contribution in [3.63, 3.8) is 0 Å². The zero-order valence-corrected chi connectivity index (χ0v) is 13.4. The Hall–Kier alpha value is -3.03. The van der Waals surface area contributed by atoms with Gasteiger partial charge in [-0.3, -0.25) is 4.79 Å². The Labute approximate surface area is 146 Å². The monoisotopic (exact) mass is 366 g/mol. The van der Waals surface area contributed by atoms with Crippen LogP contribution in [0.1, 0.15) is 15.9 Å². The molecule has 2 aromatic rings. The minimum atomic E-state index is -4.49. The van der Waals surface area contributed by atoms with Crippen molar-refractivity contribution in [2.75, 3.05) is 23.8 Å². The van der Waals surface area contributed by atoms with Crippen molar-refractivity contribution >= 4 is 23.4 Å². The van der Waals surface area contributed by atoms with Crippen LogP contribution in [-0.4, -0.2) is 25.2 Å². The summed E-state index contributed by atoms with van der Waals surface area (Å²) < 4.78 is 56.0. The Morgan fingerprint density at radius 1 is 1.19 bits per heavy atom. The van der Waals surface area contributed by atoms with Crippen LogP contribution in [0.2, 0.25) is 0 Å². The van der Waals surface area contributed by atoms with Crippen molar-refractivity contribution in [3.8, 4) is 5.75 Å². The summed E-state index contributed by atoms with van der Waals surface area (Å²) >= 11 is 0. The van der Waals surface area contributed by atoms with Crippen molar-refractivity contribution in [1.29, 1.82) is 0 Å². The van der Waals surface area contributed by atoms with E-state index in [9.17, 15) is 22.4 Å². The average molecular weight is 366 g/mol. The summed E-state index contributed by atoms with van der Waals surface area (Å²) in [5.41, 5.74) is 0.940. The van der Waals surface area contributed by atoms with Gasteiger partial charge in [-0.25, -0.2) is 4.39 Å². The molecule has 0 atom stereocenters. The predicted molar refractivity (Wildman–Crippen MR) is 89.9 cm³/mol. The second-order valence-electron chi connectivity index (χ2n) is 5.55. The smallest absolute Gasteiger partial charge is 0.409 e. The summed E-state index contributed by atoms with van der Waals surface area (Å²) in [5, 5.41) is 5.67. The van der Waals surface area contributed by atoms with E-state index < -0.39 is 17.9 Å². The minimum absolute atomic E-state index is 0.00265. The van der Waals surface area contributed by atoms with E-state index in [0.717, 1.165) is 23.9 Å². The van der Waals surface area contributed by atoms with E-state index in [1.165, 1.54) is 6.07 Å². The lowest BCUT2D eigenvalue weighted by Gasteiger charge is -2.19. The second-order valence-corrected chi connectivity index (χ2v) is 5.55. The quantitative estimate of drug-likeness (QED) is 0.789. The Kier molecular flexibility index (Phi) is 4.83. The average Bonchev–Trinajstić information content (AvgIpc) is 2.59. The first kappa shape index (κ1) is 17.8. The number of hydrogen-bond acceptors (Lipinski definition) is 3. The Morgan fingerprint density at radius 2 is 2.00 bits per heavy atom. The van der Waals surface area contributed by atoms with E-state index in [1.807, 2.05) is 0 Å². The molecule has 2 aromatic carbocycles. The molecule has 2 N–H and O–H groups in total. The molecule has 0 fully saturated rings. The Morgan fingerprint density at radius 3 is 2.73 bits per heavy atom. The molecule has 0 saturated carbocycles. The Bertz CT molecular complexity index is 863. The summed E-state index contributed by atoms with van der Waals surface area (Å²) in [6, 6.07) is 8.22. The van der Waals surface area contributed by atoms with Gasteiger partial charge in [-0.15, -0.1) is 0 Å². The fourth-order valence-corrected chi connectivity index (χ4v) is 2.42. The SMILES string of the molecule is O=C(Nc1ccc2c(c1)OCCN2)c1ccc(/C=C\C(F)(F)F)cc1F. The van der Waals surface area contributed by atoms with Gasteiger partial charge in [0.15, 0.2) is 0 Å². The predicted octanol–water partition coefficient (Wildman–Crippen LogP) is 4.46. The van der Waals surface area contributed by atoms with Crippen LogP contribution in [0.4, 0.5) is 28.9 Å². The molecule has 0 unspecified atom stereocenters. The van der Waals surface area contributed by atoms with Crippen LogP contribution in [0.25, 0.3) is 6.08 Å². The molecule has 0 spiro atoms. The number of carbonyl (C=O) groups excluding carboxylic acids is 1. The largest absolute Gasteiger partial charge is 0.490 e. The van der Waals surface area contributed by atoms with Crippen LogP contribution in [-0.2, 0) is 0 Å². The van der Waals surface area contributed by atoms with Crippen LogP contribution < -0.4 is 15.4 Å². The van der Waals surface area contributed by atoms with Crippen LogP contribution in [0.3, 0.4) is 0 Å². The lowest BCUT2D eigenvalue weighted by molar-refractivity contribution is -0.0790. The summed E-state index contributed by atoms with van der Waals surface area (Å²) in [5.74, 6) is -1.05. The number of halogens is 4. The molecular weight excluding hydrogens is 352 g/mol. The fourth-order valence-electron chi connectivity index (χ4n) is 2.42. The maximum Gasteiger partial charge on any atom is 0.409 e. The number of nitrogens with one attached hydrogen (secondary N) is 2. The van der Waals surface area contributed by atoms with Gasteiger partial charge in [0.25, 0.3) is 5.91 Å². The van der Waals surface area contributed by atoms with Crippen molar-refractivity contribution < 1.29 is 27.1 Å². The number of anilines is 2. The summed E-state index contributed by atoms with van der Waals surface area (Å²) in [7, 11) is 0. The molecule has 0 bridgehead atoms. The number of allylic oxidation sites excluding steroid dienone is 1. The van der Waals surface area contributed by atoms with Crippen LogP contribution in [0.15, 0.2) is 42.5 Å². The summed E-state index contributed by atoms with van der Waals surface area (Å²) in [6.07, 6.45) is -3.75. The highest BCUT2D eigenvalue weighted by atomic mass is 19.4. The van der Waals surface area contributed by atoms with Gasteiger partial charge >= 0.3 is 6.18 Å². The molecule has 1 aliphatic rings. The van der Waals surface area contributed by atoms with E-state index in [2.05, 4.69) is 10.6 Å². The second kappa shape index (κ2) is 7.07. The lowest BCUT2D eigenvalue weighted by Crippen LogP contribution is -2.18. The summed E-state index contributed by atoms with van der Waals surface area (Å²) in [4.78, 5) is 12.2. The van der Waals surface area contributed by atoms with Crippen molar-refractivity contribution in [1.82, 2.24) is 0 Å². The number of ether oxygens (including phenoxy) is 1. The van der Waals surface area contributed by atoms with E-state index >= 15 is 0 Å². The van der Waals surface area contributed by atoms with Crippen molar-refractivity contribution in [2.24, 2.45) is 0 Å². The Balaban J connectivity index is 1.75. The molecular formula is C18H14F4N2O2. The molecule has 136 valence electrons. The first-order valence-corrected chi connectivity index (χ1v) is 7.69. The number of alkyl halides is 3. The molecule has 3 rings (SSSR count). The van der Waals surface area contributed by atoms with Gasteiger partial charge in [0.05, 0.1) is 11.3 Å². The zero-order chi connectivity index (χ0) is 18.7. The van der Waals surface area contributed by atoms with Gasteiger partial charge in [0, 0.05) is 24.4 Å². The third-order valence-corrected chi connectivity index (χ3v) is 3.62. The molecule has 4 nitrogen and oxygen atoms in total. The molecule has 0 aromatic heterocycles. The molecule has 1 aliphatic heterocycles. The number of fused-ring (bicyclic) bond motifs is 1. The number of hydrogen-bond donors (Lipinski definition) is 2. The summed E-state index contributed by atoms with van der Waals surface area (Å²) in [6.45, 7) is 1.17. The fraction of sp³-hybridized carbons (Fsp3) is 0.167. The lowest BCUT2D eigenvalue weighted by atomic mass is 10.1. The minimum Gasteiger partial charge on any atom is -0.490 e. The van der Waals surface area contributed by atoms with E-state index in [0.29, 0.717) is 24.6 Å². The van der Waals surface area contributed by atoms with Gasteiger partial charge in [0.1, 0.15) is 18.2 Å². The van der Waals surface area contributed by atoms with E-state index in [-0.39, 0.29) is 17.2 Å². The normalized spacial score (nSPS) is 13.7. The van der Waals surface area contributed by atoms with Crippen molar-refractivity contribution in [3.05, 3.63) is 59.4 Å². The number of rotatable bonds is 3. The van der Waals surface area contributed by atoms with Gasteiger partial charge < -0.3 is 15.4 Å². The number of carbonyl (C=O) groups is 1. The molecule has 0 saturated heterocycles. The van der Waals surface area contributed by atoms with Gasteiger partial charge in [-0.2, -0.15) is 13.2 Å². The molecule has 26 heavy (non-hydrogen) atoms. The maximum absolute atomic E-state index is 14.1. The van der Waals surface area contributed by atoms with Gasteiger partial charge in [-0.05, 0) is 35.9 Å². The first-order chi connectivity index (χ1) is 12.3. The van der Waals surface area contributed by atoms with E-state index in [4.69, 9.17) is 4.74 Å². The van der Waals surface area contributed by atoms with Crippen LogP contribution in [0.5, 0.6) is 5.75 Å². The number of benzene rings is 2. The molecule has 1 heterocycles. The maximum atomic E-state index is 14.1. The highest BCUT2D eigenvalue weighted by Gasteiger charge is 2.22. The van der Waals surface area contributed by atoms with Crippen LogP contribution >= 0.6 is 0 Å². The molecule has 0 radical (unpaired) electrons. The number of amides is 1.